The third-order valence-electron chi connectivity index (χ3n) is 3.85. The number of hydrogen-bond acceptors (Lipinski definition) is 3. The lowest BCUT2D eigenvalue weighted by molar-refractivity contribution is -0.115. The maximum absolute atomic E-state index is 11.3. The fourth-order valence-corrected chi connectivity index (χ4v) is 2.82. The molecule has 1 atom stereocenters. The average molecular weight is 245 g/mol. The quantitative estimate of drug-likeness (QED) is 0.842. The predicted molar refractivity (Wildman–Crippen MR) is 73.0 cm³/mol. The number of rotatable bonds is 3. The highest BCUT2D eigenvalue weighted by atomic mass is 16.1. The molecule has 1 fully saturated rings. The molecule has 3 rings (SSSR count). The molecule has 1 saturated heterocycles. The first-order chi connectivity index (χ1) is 8.72. The van der Waals surface area contributed by atoms with E-state index in [1.807, 2.05) is 6.07 Å². The van der Waals surface area contributed by atoms with Crippen LogP contribution in [0, 0.1) is 5.92 Å². The minimum atomic E-state index is 0.102. The van der Waals surface area contributed by atoms with Crippen molar-refractivity contribution >= 4 is 17.3 Å². The van der Waals surface area contributed by atoms with Crippen LogP contribution in [0.3, 0.4) is 0 Å². The fraction of sp³-hybridized carbons (Fsp3) is 0.500. The highest BCUT2D eigenvalue weighted by Gasteiger charge is 2.20. The zero-order valence-electron chi connectivity index (χ0n) is 10.7. The summed E-state index contributed by atoms with van der Waals surface area (Å²) in [7, 11) is 2.13. The van der Waals surface area contributed by atoms with Crippen LogP contribution in [0.25, 0.3) is 0 Å². The van der Waals surface area contributed by atoms with E-state index in [0.29, 0.717) is 6.42 Å². The molecule has 2 aliphatic heterocycles. The van der Waals surface area contributed by atoms with Gasteiger partial charge in [0.15, 0.2) is 0 Å². The number of amides is 1. The van der Waals surface area contributed by atoms with Crippen LogP contribution in [0.4, 0.5) is 11.4 Å². The molecule has 4 nitrogen and oxygen atoms in total. The summed E-state index contributed by atoms with van der Waals surface area (Å²) >= 11 is 0. The molecular formula is C14H19N3O. The average Bonchev–Trinajstić information content (AvgIpc) is 2.95. The van der Waals surface area contributed by atoms with Crippen molar-refractivity contribution in [2.45, 2.75) is 12.8 Å². The second-order valence-electron chi connectivity index (χ2n) is 5.31. The van der Waals surface area contributed by atoms with E-state index in [0.717, 1.165) is 36.8 Å². The first kappa shape index (κ1) is 11.5. The van der Waals surface area contributed by atoms with E-state index < -0.39 is 0 Å². The van der Waals surface area contributed by atoms with Gasteiger partial charge in [0, 0.05) is 25.0 Å². The Kier molecular flexibility index (Phi) is 2.96. The van der Waals surface area contributed by atoms with Gasteiger partial charge >= 0.3 is 0 Å². The molecule has 4 heteroatoms. The summed E-state index contributed by atoms with van der Waals surface area (Å²) < 4.78 is 0. The molecule has 2 aliphatic rings. The summed E-state index contributed by atoms with van der Waals surface area (Å²) in [5.74, 6) is 0.841. The van der Waals surface area contributed by atoms with Crippen molar-refractivity contribution < 1.29 is 4.79 Å². The second kappa shape index (κ2) is 4.61. The Hall–Kier alpha value is -1.55. The maximum atomic E-state index is 11.3. The molecule has 1 aromatic rings. The number of nitrogens with one attached hydrogen (secondary N) is 2. The topological polar surface area (TPSA) is 44.4 Å². The molecule has 0 bridgehead atoms. The van der Waals surface area contributed by atoms with E-state index >= 15 is 0 Å². The summed E-state index contributed by atoms with van der Waals surface area (Å²) in [6.07, 6.45) is 1.78. The summed E-state index contributed by atoms with van der Waals surface area (Å²) in [6, 6.07) is 6.24. The molecular weight excluding hydrogens is 226 g/mol. The van der Waals surface area contributed by atoms with Gasteiger partial charge in [0.1, 0.15) is 0 Å². The smallest absolute Gasteiger partial charge is 0.228 e. The van der Waals surface area contributed by atoms with E-state index in [1.54, 1.807) is 0 Å². The molecule has 0 saturated carbocycles. The van der Waals surface area contributed by atoms with Crippen LogP contribution in [-0.4, -0.2) is 32.6 Å². The number of fused-ring (bicyclic) bond motifs is 1. The van der Waals surface area contributed by atoms with Gasteiger partial charge < -0.3 is 15.5 Å². The minimum absolute atomic E-state index is 0.102. The lowest BCUT2D eigenvalue weighted by Gasteiger charge is -2.23. The lowest BCUT2D eigenvalue weighted by Crippen LogP contribution is -2.26. The first-order valence-corrected chi connectivity index (χ1v) is 6.57. The number of hydrogen-bond donors (Lipinski definition) is 2. The Labute approximate surface area is 107 Å². The lowest BCUT2D eigenvalue weighted by atomic mass is 10.1. The summed E-state index contributed by atoms with van der Waals surface area (Å²) in [5.41, 5.74) is 3.30. The predicted octanol–water partition coefficient (Wildman–Crippen LogP) is 1.23. The number of carbonyl (C=O) groups is 1. The van der Waals surface area contributed by atoms with Gasteiger partial charge in [-0.05, 0) is 49.2 Å². The molecule has 2 heterocycles. The van der Waals surface area contributed by atoms with Crippen molar-refractivity contribution in [3.05, 3.63) is 23.8 Å². The monoisotopic (exact) mass is 245 g/mol. The van der Waals surface area contributed by atoms with Crippen LogP contribution in [0.5, 0.6) is 0 Å². The number of anilines is 2. The largest absolute Gasteiger partial charge is 0.374 e. The Balaban J connectivity index is 1.72. The van der Waals surface area contributed by atoms with Gasteiger partial charge in [-0.2, -0.15) is 0 Å². The Morgan fingerprint density at radius 2 is 2.33 bits per heavy atom. The zero-order chi connectivity index (χ0) is 12.5. The van der Waals surface area contributed by atoms with Crippen molar-refractivity contribution in [2.75, 3.05) is 36.9 Å². The summed E-state index contributed by atoms with van der Waals surface area (Å²) in [4.78, 5) is 13.6. The van der Waals surface area contributed by atoms with Crippen LogP contribution >= 0.6 is 0 Å². The molecule has 1 unspecified atom stereocenters. The van der Waals surface area contributed by atoms with Gasteiger partial charge in [0.25, 0.3) is 0 Å². The highest BCUT2D eigenvalue weighted by Crippen LogP contribution is 2.28. The first-order valence-electron chi connectivity index (χ1n) is 6.57. The molecule has 0 aromatic heterocycles. The van der Waals surface area contributed by atoms with Crippen molar-refractivity contribution in [2.24, 2.45) is 5.92 Å². The molecule has 1 amide bonds. The van der Waals surface area contributed by atoms with Gasteiger partial charge in [-0.1, -0.05) is 0 Å². The molecule has 0 spiro atoms. The molecule has 0 aliphatic carbocycles. The molecule has 1 aromatic carbocycles. The summed E-state index contributed by atoms with van der Waals surface area (Å²) in [5, 5.41) is 6.26. The van der Waals surface area contributed by atoms with Crippen LogP contribution in [0.1, 0.15) is 12.0 Å². The standard InChI is InChI=1S/C14H19N3O/c1-17(9-10-4-5-15-8-10)12-2-3-13-11(6-12)7-14(18)16-13/h2-3,6,10,15H,4-5,7-9H2,1H3,(H,16,18). The molecule has 2 N–H and O–H groups in total. The van der Waals surface area contributed by atoms with Crippen LogP contribution in [-0.2, 0) is 11.2 Å². The third kappa shape index (κ3) is 2.20. The van der Waals surface area contributed by atoms with Crippen LogP contribution in [0.15, 0.2) is 18.2 Å². The normalized spacial score (nSPS) is 21.8. The van der Waals surface area contributed by atoms with Crippen LogP contribution < -0.4 is 15.5 Å². The fourth-order valence-electron chi connectivity index (χ4n) is 2.82. The van der Waals surface area contributed by atoms with Gasteiger partial charge in [-0.3, -0.25) is 4.79 Å². The van der Waals surface area contributed by atoms with Crippen molar-refractivity contribution in [3.8, 4) is 0 Å². The van der Waals surface area contributed by atoms with Gasteiger partial charge in [-0.25, -0.2) is 0 Å². The highest BCUT2D eigenvalue weighted by molar-refractivity contribution is 5.99. The SMILES string of the molecule is CN(CC1CCNC1)c1ccc2c(c1)CC(=O)N2. The van der Waals surface area contributed by atoms with Gasteiger partial charge in [0.2, 0.25) is 5.91 Å². The van der Waals surface area contributed by atoms with Gasteiger partial charge in [0.05, 0.1) is 6.42 Å². The third-order valence-corrected chi connectivity index (χ3v) is 3.85. The van der Waals surface area contributed by atoms with E-state index in [-0.39, 0.29) is 5.91 Å². The minimum Gasteiger partial charge on any atom is -0.374 e. The molecule has 18 heavy (non-hydrogen) atoms. The zero-order valence-corrected chi connectivity index (χ0v) is 10.7. The van der Waals surface area contributed by atoms with E-state index in [1.165, 1.54) is 12.1 Å². The number of carbonyl (C=O) groups excluding carboxylic acids is 1. The Morgan fingerprint density at radius 3 is 3.11 bits per heavy atom. The van der Waals surface area contributed by atoms with Crippen molar-refractivity contribution in [1.82, 2.24) is 5.32 Å². The van der Waals surface area contributed by atoms with Crippen LogP contribution in [0.2, 0.25) is 0 Å². The van der Waals surface area contributed by atoms with Gasteiger partial charge in [-0.15, -0.1) is 0 Å². The van der Waals surface area contributed by atoms with Crippen molar-refractivity contribution in [3.63, 3.8) is 0 Å². The molecule has 96 valence electrons. The number of nitrogens with zero attached hydrogens (tertiary/aromatic N) is 1. The maximum Gasteiger partial charge on any atom is 0.228 e. The summed E-state index contributed by atoms with van der Waals surface area (Å²) in [6.45, 7) is 3.34. The van der Waals surface area contributed by atoms with Crippen molar-refractivity contribution in [1.29, 1.82) is 0 Å². The number of benzene rings is 1. The van der Waals surface area contributed by atoms with E-state index in [2.05, 4.69) is 34.7 Å². The van der Waals surface area contributed by atoms with E-state index in [4.69, 9.17) is 0 Å². The molecule has 0 radical (unpaired) electrons. The Morgan fingerprint density at radius 1 is 1.44 bits per heavy atom. The Bertz CT molecular complexity index is 466. The second-order valence-corrected chi connectivity index (χ2v) is 5.31. The van der Waals surface area contributed by atoms with E-state index in [9.17, 15) is 4.79 Å².